The third-order valence-electron chi connectivity index (χ3n) is 12.4. The first-order chi connectivity index (χ1) is 25.1. The highest BCUT2D eigenvalue weighted by atomic mass is 16.5. The van der Waals surface area contributed by atoms with Crippen molar-refractivity contribution in [2.75, 3.05) is 0 Å². The van der Waals surface area contributed by atoms with Gasteiger partial charge in [-0.2, -0.15) is 0 Å². The predicted octanol–water partition coefficient (Wildman–Crippen LogP) is 11.9. The van der Waals surface area contributed by atoms with Gasteiger partial charge in [0.2, 0.25) is 0 Å². The Labute approximate surface area is 325 Å². The topological polar surface area (TPSA) is 101 Å². The van der Waals surface area contributed by atoms with Crippen molar-refractivity contribution in [1.82, 2.24) is 0 Å². The zero-order valence-electron chi connectivity index (χ0n) is 35.1. The fourth-order valence-corrected chi connectivity index (χ4v) is 9.10. The summed E-state index contributed by atoms with van der Waals surface area (Å²) in [7, 11) is 0. The van der Waals surface area contributed by atoms with Crippen LogP contribution in [0.25, 0.3) is 0 Å². The summed E-state index contributed by atoms with van der Waals surface area (Å²) in [4.78, 5) is 46.7. The number of carbonyl (C=O) groups is 3. The number of hydrogen-bond donors (Lipinski definition) is 2. The first kappa shape index (κ1) is 42.8. The molecule has 1 spiro atoms. The quantitative estimate of drug-likeness (QED) is 0.0648. The summed E-state index contributed by atoms with van der Waals surface area (Å²) in [6.45, 7) is 24.8. The van der Waals surface area contributed by atoms with Crippen molar-refractivity contribution >= 4 is 17.3 Å². The number of fused-ring (bicyclic) bond motifs is 1. The van der Waals surface area contributed by atoms with Crippen molar-refractivity contribution in [2.24, 2.45) is 34.0 Å². The fraction of sp³-hybridized carbons (Fsp3) is 0.562. The molecule has 54 heavy (non-hydrogen) atoms. The minimum absolute atomic E-state index is 0.0427. The lowest BCUT2D eigenvalue weighted by atomic mass is 9.38. The van der Waals surface area contributed by atoms with Gasteiger partial charge in [-0.25, -0.2) is 0 Å². The van der Waals surface area contributed by atoms with Crippen LogP contribution in [0.2, 0.25) is 0 Å². The Morgan fingerprint density at radius 3 is 2.02 bits per heavy atom. The number of ether oxygens (including phenoxy) is 1. The molecule has 0 unspecified atom stereocenters. The minimum Gasteiger partial charge on any atom is -0.504 e. The van der Waals surface area contributed by atoms with E-state index in [4.69, 9.17) is 4.74 Å². The summed E-state index contributed by atoms with van der Waals surface area (Å²) < 4.78 is 6.97. The van der Waals surface area contributed by atoms with Crippen molar-refractivity contribution in [2.45, 2.75) is 140 Å². The van der Waals surface area contributed by atoms with Gasteiger partial charge >= 0.3 is 0 Å². The molecule has 1 saturated carbocycles. The SMILES string of the molecule is CC(C)=CCC/C(C)=C/C[C@H]1C[C@@]23C[C@@H](CC=C(C)C)C(C)(C)OC2=C(C(=O)c2ccc(O)c(O)c2)C(=O)[C@@](/C=C/C(C)C)(C3=O)[C@]1(C)CCC=C(C)C. The number of rotatable bonds is 14. The number of phenols is 2. The lowest BCUT2D eigenvalue weighted by molar-refractivity contribution is -0.185. The molecular weight excluding hydrogens is 673 g/mol. The van der Waals surface area contributed by atoms with E-state index in [9.17, 15) is 15.0 Å². The molecule has 0 amide bonds. The maximum absolute atomic E-state index is 16.0. The number of allylic oxidation sites excluding steroid dienone is 12. The molecule has 6 nitrogen and oxygen atoms in total. The maximum Gasteiger partial charge on any atom is 0.200 e. The molecule has 1 aromatic carbocycles. The van der Waals surface area contributed by atoms with Crippen LogP contribution in [0.4, 0.5) is 0 Å². The average Bonchev–Trinajstić information content (AvgIpc) is 3.06. The van der Waals surface area contributed by atoms with E-state index in [1.165, 1.54) is 40.5 Å². The number of benzene rings is 1. The van der Waals surface area contributed by atoms with Gasteiger partial charge in [-0.1, -0.05) is 79.5 Å². The molecule has 6 heteroatoms. The van der Waals surface area contributed by atoms with Crippen molar-refractivity contribution in [3.8, 4) is 11.5 Å². The van der Waals surface area contributed by atoms with Gasteiger partial charge in [-0.15, -0.1) is 0 Å². The van der Waals surface area contributed by atoms with Crippen molar-refractivity contribution in [3.63, 3.8) is 0 Å². The fourth-order valence-electron chi connectivity index (χ4n) is 9.10. The van der Waals surface area contributed by atoms with Gasteiger partial charge in [0.15, 0.2) is 28.8 Å². The molecule has 1 heterocycles. The Bertz CT molecular complexity index is 1820. The van der Waals surface area contributed by atoms with E-state index in [0.717, 1.165) is 12.8 Å². The largest absolute Gasteiger partial charge is 0.504 e. The molecule has 0 aromatic heterocycles. The number of ketones is 3. The van der Waals surface area contributed by atoms with Crippen molar-refractivity contribution < 1.29 is 29.3 Å². The molecular formula is C48H66O6. The normalized spacial score (nSPS) is 27.8. The smallest absolute Gasteiger partial charge is 0.200 e. The molecule has 2 N–H and O–H groups in total. The highest BCUT2D eigenvalue weighted by Gasteiger charge is 2.75. The molecule has 4 rings (SSSR count). The Balaban J connectivity index is 2.10. The third kappa shape index (κ3) is 8.19. The highest BCUT2D eigenvalue weighted by molar-refractivity contribution is 6.36. The molecule has 5 atom stereocenters. The molecule has 2 fully saturated rings. The van der Waals surface area contributed by atoms with Crippen LogP contribution >= 0.6 is 0 Å². The molecule has 3 aliphatic rings. The number of Topliss-reactive ketones (excluding diaryl/α,β-unsaturated/α-hetero) is 3. The second-order valence-corrected chi connectivity index (χ2v) is 18.3. The summed E-state index contributed by atoms with van der Waals surface area (Å²) in [6.07, 6.45) is 18.2. The Kier molecular flexibility index (Phi) is 13.0. The lowest BCUT2D eigenvalue weighted by Gasteiger charge is -2.64. The van der Waals surface area contributed by atoms with Crippen LogP contribution in [0, 0.1) is 34.0 Å². The van der Waals surface area contributed by atoms with E-state index in [1.807, 2.05) is 39.8 Å². The standard InChI is InChI=1S/C48H66O6/c1-30(2)15-13-17-34(9)19-22-37-29-47-28-36(21-18-32(5)6)45(10,11)54-43(47)40(41(51)35-20-23-38(49)39(50)27-35)42(52)48(44(47)53,26-24-33(7)8)46(37,12)25-14-16-31(3)4/h15-16,18-20,23-24,26-27,33,36-37,49-50H,13-14,17,21-22,25,28-29H2,1-12H3/b26-24+,34-19+/t36-,37+,46-,47+,48+/m1/s1. The Morgan fingerprint density at radius 2 is 1.43 bits per heavy atom. The first-order valence-corrected chi connectivity index (χ1v) is 20.0. The Hall–Kier alpha value is -3.93. The average molecular weight is 739 g/mol. The van der Waals surface area contributed by atoms with Crippen molar-refractivity contribution in [3.05, 3.63) is 93.8 Å². The van der Waals surface area contributed by atoms with Gasteiger partial charge in [0, 0.05) is 11.5 Å². The zero-order chi connectivity index (χ0) is 40.4. The van der Waals surface area contributed by atoms with E-state index in [0.29, 0.717) is 38.5 Å². The van der Waals surface area contributed by atoms with E-state index in [1.54, 1.807) is 0 Å². The van der Waals surface area contributed by atoms with Crippen LogP contribution in [0.15, 0.2) is 88.3 Å². The minimum atomic E-state index is -1.64. The summed E-state index contributed by atoms with van der Waals surface area (Å²) in [5, 5.41) is 20.6. The first-order valence-electron chi connectivity index (χ1n) is 20.0. The van der Waals surface area contributed by atoms with Crippen LogP contribution in [-0.4, -0.2) is 33.2 Å². The molecule has 1 saturated heterocycles. The van der Waals surface area contributed by atoms with Gasteiger partial charge in [0.05, 0.1) is 5.41 Å². The number of aromatic hydroxyl groups is 2. The monoisotopic (exact) mass is 738 g/mol. The number of carbonyl (C=O) groups excluding carboxylic acids is 3. The van der Waals surface area contributed by atoms with Crippen LogP contribution in [0.5, 0.6) is 11.5 Å². The Morgan fingerprint density at radius 1 is 0.833 bits per heavy atom. The van der Waals surface area contributed by atoms with Crippen LogP contribution in [-0.2, 0) is 14.3 Å². The number of hydrogen-bond acceptors (Lipinski definition) is 6. The van der Waals surface area contributed by atoms with Crippen LogP contribution in [0.3, 0.4) is 0 Å². The van der Waals surface area contributed by atoms with Gasteiger partial charge in [-0.05, 0) is 149 Å². The summed E-state index contributed by atoms with van der Waals surface area (Å²) in [6, 6.07) is 3.86. The van der Waals surface area contributed by atoms with E-state index in [2.05, 4.69) is 79.7 Å². The summed E-state index contributed by atoms with van der Waals surface area (Å²) >= 11 is 0. The number of phenolic OH excluding ortho intramolecular Hbond substituents is 2. The second kappa shape index (κ2) is 16.4. The third-order valence-corrected chi connectivity index (χ3v) is 12.4. The van der Waals surface area contributed by atoms with Crippen molar-refractivity contribution in [1.29, 1.82) is 0 Å². The molecule has 1 aliphatic heterocycles. The molecule has 294 valence electrons. The predicted molar refractivity (Wildman–Crippen MR) is 219 cm³/mol. The molecule has 1 aromatic rings. The summed E-state index contributed by atoms with van der Waals surface area (Å²) in [5.74, 6) is -2.04. The highest BCUT2D eigenvalue weighted by Crippen LogP contribution is 2.70. The van der Waals surface area contributed by atoms with E-state index >= 15 is 9.59 Å². The maximum atomic E-state index is 16.0. The van der Waals surface area contributed by atoms with Gasteiger partial charge in [-0.3, -0.25) is 14.4 Å². The lowest BCUT2D eigenvalue weighted by Crippen LogP contribution is -2.69. The second-order valence-electron chi connectivity index (χ2n) is 18.3. The van der Waals surface area contributed by atoms with Gasteiger partial charge in [0.25, 0.3) is 0 Å². The van der Waals surface area contributed by atoms with Crippen LogP contribution < -0.4 is 0 Å². The van der Waals surface area contributed by atoms with Gasteiger partial charge < -0.3 is 14.9 Å². The van der Waals surface area contributed by atoms with Gasteiger partial charge in [0.1, 0.15) is 22.3 Å². The zero-order valence-corrected chi connectivity index (χ0v) is 35.1. The van der Waals surface area contributed by atoms with E-state index in [-0.39, 0.29) is 46.2 Å². The van der Waals surface area contributed by atoms with Crippen LogP contribution in [0.1, 0.15) is 145 Å². The summed E-state index contributed by atoms with van der Waals surface area (Å²) in [5.41, 5.74) is 0.354. The molecule has 2 aliphatic carbocycles. The molecule has 2 bridgehead atoms. The van der Waals surface area contributed by atoms with E-state index < -0.39 is 39.2 Å². The molecule has 0 radical (unpaired) electrons.